The van der Waals surface area contributed by atoms with Crippen LogP contribution in [0, 0.1) is 17.0 Å². The molecule has 1 N–H and O–H groups in total. The lowest BCUT2D eigenvalue weighted by molar-refractivity contribution is -0.384. The van der Waals surface area contributed by atoms with Crippen molar-refractivity contribution >= 4 is 23.8 Å². The Bertz CT molecular complexity index is 1120. The molecule has 0 saturated carbocycles. The summed E-state index contributed by atoms with van der Waals surface area (Å²) in [6, 6.07) is 19.4. The van der Waals surface area contributed by atoms with Crippen molar-refractivity contribution in [2.45, 2.75) is 13.3 Å². The van der Waals surface area contributed by atoms with E-state index in [1.165, 1.54) is 24.4 Å². The number of hydrazone groups is 1. The van der Waals surface area contributed by atoms with E-state index in [4.69, 9.17) is 4.74 Å². The average Bonchev–Trinajstić information content (AvgIpc) is 2.76. The molecule has 0 aliphatic carbocycles. The van der Waals surface area contributed by atoms with Gasteiger partial charge < -0.3 is 4.74 Å². The van der Waals surface area contributed by atoms with Crippen LogP contribution in [0.2, 0.25) is 0 Å². The molecule has 0 unspecified atom stereocenters. The fraction of sp³-hybridized carbons (Fsp3) is 0.0870. The first-order chi connectivity index (χ1) is 14.9. The van der Waals surface area contributed by atoms with Gasteiger partial charge in [-0.25, -0.2) is 10.2 Å². The van der Waals surface area contributed by atoms with Crippen LogP contribution >= 0.6 is 0 Å². The summed E-state index contributed by atoms with van der Waals surface area (Å²) >= 11 is 0. The maximum atomic E-state index is 12.2. The molecule has 0 aromatic heterocycles. The number of amides is 1. The lowest BCUT2D eigenvalue weighted by atomic mass is 10.1. The summed E-state index contributed by atoms with van der Waals surface area (Å²) in [7, 11) is 0. The SMILES string of the molecule is Cc1ccc(CC(=O)N/N=C/c2ccc(OC(=O)c3cccc([N+](=O)[O-])c3)cc2)cc1. The number of nitrogens with one attached hydrogen (secondary N) is 1. The van der Waals surface area contributed by atoms with Crippen molar-refractivity contribution in [1.82, 2.24) is 5.43 Å². The van der Waals surface area contributed by atoms with E-state index in [0.717, 1.165) is 17.2 Å². The highest BCUT2D eigenvalue weighted by Crippen LogP contribution is 2.17. The fourth-order valence-corrected chi connectivity index (χ4v) is 2.64. The molecule has 0 aliphatic rings. The molecule has 0 spiro atoms. The van der Waals surface area contributed by atoms with Crippen LogP contribution in [0.25, 0.3) is 0 Å². The van der Waals surface area contributed by atoms with E-state index in [0.29, 0.717) is 5.56 Å². The number of aryl methyl sites for hydroxylation is 1. The highest BCUT2D eigenvalue weighted by molar-refractivity contribution is 5.92. The van der Waals surface area contributed by atoms with E-state index in [2.05, 4.69) is 10.5 Å². The maximum absolute atomic E-state index is 12.2. The van der Waals surface area contributed by atoms with Crippen molar-refractivity contribution in [2.75, 3.05) is 0 Å². The van der Waals surface area contributed by atoms with E-state index in [9.17, 15) is 19.7 Å². The van der Waals surface area contributed by atoms with Gasteiger partial charge in [-0.05, 0) is 48.4 Å². The molecular weight excluding hydrogens is 398 g/mol. The summed E-state index contributed by atoms with van der Waals surface area (Å²) in [5.41, 5.74) is 5.07. The Kier molecular flexibility index (Phi) is 6.85. The second-order valence-corrected chi connectivity index (χ2v) is 6.72. The Hall–Kier alpha value is -4.33. The van der Waals surface area contributed by atoms with Crippen LogP contribution in [0.1, 0.15) is 27.0 Å². The van der Waals surface area contributed by atoms with E-state index in [1.807, 2.05) is 31.2 Å². The van der Waals surface area contributed by atoms with Crippen LogP contribution in [-0.2, 0) is 11.2 Å². The Morgan fingerprint density at radius 2 is 1.77 bits per heavy atom. The van der Waals surface area contributed by atoms with Crippen LogP contribution in [0.5, 0.6) is 5.75 Å². The minimum atomic E-state index is -0.700. The highest BCUT2D eigenvalue weighted by Gasteiger charge is 2.13. The maximum Gasteiger partial charge on any atom is 0.343 e. The van der Waals surface area contributed by atoms with Gasteiger partial charge in [-0.15, -0.1) is 0 Å². The zero-order valence-electron chi connectivity index (χ0n) is 16.6. The van der Waals surface area contributed by atoms with Crippen molar-refractivity contribution in [1.29, 1.82) is 0 Å². The number of nitrogens with zero attached hydrogens (tertiary/aromatic N) is 2. The number of carbonyl (C=O) groups excluding carboxylic acids is 2. The smallest absolute Gasteiger partial charge is 0.343 e. The molecule has 156 valence electrons. The van der Waals surface area contributed by atoms with Gasteiger partial charge in [0, 0.05) is 12.1 Å². The summed E-state index contributed by atoms with van der Waals surface area (Å²) in [6.07, 6.45) is 1.70. The lowest BCUT2D eigenvalue weighted by Crippen LogP contribution is -2.19. The van der Waals surface area contributed by atoms with E-state index < -0.39 is 10.9 Å². The van der Waals surface area contributed by atoms with Gasteiger partial charge in [-0.1, -0.05) is 35.9 Å². The fourth-order valence-electron chi connectivity index (χ4n) is 2.64. The Morgan fingerprint density at radius 3 is 2.45 bits per heavy atom. The van der Waals surface area contributed by atoms with Gasteiger partial charge >= 0.3 is 5.97 Å². The molecule has 0 atom stereocenters. The van der Waals surface area contributed by atoms with Gasteiger partial charge in [-0.3, -0.25) is 14.9 Å². The molecule has 1 amide bonds. The third-order valence-electron chi connectivity index (χ3n) is 4.27. The largest absolute Gasteiger partial charge is 0.423 e. The van der Waals surface area contributed by atoms with Crippen LogP contribution in [-0.4, -0.2) is 23.0 Å². The Morgan fingerprint density at radius 1 is 1.06 bits per heavy atom. The number of hydrogen-bond donors (Lipinski definition) is 1. The molecule has 3 rings (SSSR count). The Labute approximate surface area is 178 Å². The number of non-ortho nitro benzene ring substituents is 1. The van der Waals surface area contributed by atoms with Crippen molar-refractivity contribution in [3.8, 4) is 5.75 Å². The summed E-state index contributed by atoms with van der Waals surface area (Å²) in [4.78, 5) is 34.3. The van der Waals surface area contributed by atoms with E-state index in [1.54, 1.807) is 24.3 Å². The van der Waals surface area contributed by atoms with Gasteiger partial charge in [-0.2, -0.15) is 5.10 Å². The third-order valence-corrected chi connectivity index (χ3v) is 4.27. The summed E-state index contributed by atoms with van der Waals surface area (Å²) in [5, 5.41) is 14.7. The quantitative estimate of drug-likeness (QED) is 0.207. The van der Waals surface area contributed by atoms with Gasteiger partial charge in [0.05, 0.1) is 23.1 Å². The molecule has 0 aliphatic heterocycles. The molecule has 8 nitrogen and oxygen atoms in total. The molecule has 3 aromatic rings. The number of carbonyl (C=O) groups is 2. The van der Waals surface area contributed by atoms with Crippen LogP contribution < -0.4 is 10.2 Å². The molecule has 3 aromatic carbocycles. The summed E-state index contributed by atoms with van der Waals surface area (Å²) < 4.78 is 5.23. The predicted octanol–water partition coefficient (Wildman–Crippen LogP) is 3.82. The minimum Gasteiger partial charge on any atom is -0.423 e. The summed E-state index contributed by atoms with van der Waals surface area (Å²) in [5.74, 6) is -0.659. The van der Waals surface area contributed by atoms with Crippen molar-refractivity contribution in [3.05, 3.63) is 105 Å². The molecule has 8 heteroatoms. The zero-order valence-corrected chi connectivity index (χ0v) is 16.6. The summed E-state index contributed by atoms with van der Waals surface area (Å²) in [6.45, 7) is 1.98. The number of nitro groups is 1. The zero-order chi connectivity index (χ0) is 22.2. The van der Waals surface area contributed by atoms with Crippen LogP contribution in [0.15, 0.2) is 77.9 Å². The minimum absolute atomic E-state index is 0.0797. The normalized spacial score (nSPS) is 10.6. The molecule has 31 heavy (non-hydrogen) atoms. The second-order valence-electron chi connectivity index (χ2n) is 6.72. The highest BCUT2D eigenvalue weighted by atomic mass is 16.6. The monoisotopic (exact) mass is 417 g/mol. The van der Waals surface area contributed by atoms with Crippen molar-refractivity contribution < 1.29 is 19.2 Å². The first-order valence-corrected chi connectivity index (χ1v) is 9.35. The molecule has 0 bridgehead atoms. The first-order valence-electron chi connectivity index (χ1n) is 9.35. The molecule has 0 radical (unpaired) electrons. The number of rotatable bonds is 7. The third kappa shape index (κ3) is 6.33. The molecule has 0 saturated heterocycles. The number of nitro benzene ring substituents is 1. The molecule has 0 heterocycles. The van der Waals surface area contributed by atoms with Crippen LogP contribution in [0.4, 0.5) is 5.69 Å². The topological polar surface area (TPSA) is 111 Å². The molecule has 0 fully saturated rings. The molecular formula is C23H19N3O5. The number of benzene rings is 3. The van der Waals surface area contributed by atoms with Gasteiger partial charge in [0.2, 0.25) is 5.91 Å². The lowest BCUT2D eigenvalue weighted by Gasteiger charge is -2.05. The van der Waals surface area contributed by atoms with E-state index in [-0.39, 0.29) is 29.3 Å². The van der Waals surface area contributed by atoms with Crippen molar-refractivity contribution in [2.24, 2.45) is 5.10 Å². The van der Waals surface area contributed by atoms with Gasteiger partial charge in [0.15, 0.2) is 0 Å². The Balaban J connectivity index is 1.53. The number of ether oxygens (including phenoxy) is 1. The van der Waals surface area contributed by atoms with Crippen molar-refractivity contribution in [3.63, 3.8) is 0 Å². The number of hydrogen-bond acceptors (Lipinski definition) is 6. The first kappa shape index (κ1) is 21.4. The average molecular weight is 417 g/mol. The van der Waals surface area contributed by atoms with E-state index >= 15 is 0 Å². The predicted molar refractivity (Wildman–Crippen MR) is 115 cm³/mol. The number of esters is 1. The van der Waals surface area contributed by atoms with Gasteiger partial charge in [0.25, 0.3) is 5.69 Å². The van der Waals surface area contributed by atoms with Crippen LogP contribution in [0.3, 0.4) is 0 Å². The second kappa shape index (κ2) is 9.93. The van der Waals surface area contributed by atoms with Gasteiger partial charge in [0.1, 0.15) is 5.75 Å². The standard InChI is InChI=1S/C23H19N3O5/c1-16-5-7-17(8-6-16)13-22(27)25-24-15-18-9-11-21(12-10-18)31-23(28)19-3-2-4-20(14-19)26(29)30/h2-12,14-15H,13H2,1H3,(H,25,27)/b24-15+.